The van der Waals surface area contributed by atoms with Crippen LogP contribution >= 0.6 is 0 Å². The van der Waals surface area contributed by atoms with Crippen molar-refractivity contribution in [1.82, 2.24) is 10.2 Å². The fraction of sp³-hybridized carbons (Fsp3) is 0.435. The van der Waals surface area contributed by atoms with Gasteiger partial charge in [-0.25, -0.2) is 0 Å². The minimum absolute atomic E-state index is 0.157. The van der Waals surface area contributed by atoms with Gasteiger partial charge in [-0.2, -0.15) is 0 Å². The summed E-state index contributed by atoms with van der Waals surface area (Å²) in [6.45, 7) is 5.28. The van der Waals surface area contributed by atoms with Crippen LogP contribution in [0.25, 0.3) is 0 Å². The van der Waals surface area contributed by atoms with E-state index in [0.717, 1.165) is 43.3 Å². The van der Waals surface area contributed by atoms with Crippen LogP contribution in [0.1, 0.15) is 18.9 Å². The summed E-state index contributed by atoms with van der Waals surface area (Å²) in [5.74, 6) is 2.89. The van der Waals surface area contributed by atoms with Gasteiger partial charge in [0, 0.05) is 25.7 Å². The summed E-state index contributed by atoms with van der Waals surface area (Å²) >= 11 is 0. The number of amides is 1. The van der Waals surface area contributed by atoms with E-state index in [2.05, 4.69) is 24.4 Å². The van der Waals surface area contributed by atoms with Crippen molar-refractivity contribution < 1.29 is 19.0 Å². The molecule has 0 bridgehead atoms. The van der Waals surface area contributed by atoms with Gasteiger partial charge in [-0.3, -0.25) is 4.79 Å². The van der Waals surface area contributed by atoms with Crippen LogP contribution in [0.4, 0.5) is 0 Å². The minimum atomic E-state index is 0.157. The fourth-order valence-electron chi connectivity index (χ4n) is 4.04. The second-order valence-electron chi connectivity index (χ2n) is 7.64. The van der Waals surface area contributed by atoms with Crippen molar-refractivity contribution >= 4 is 5.91 Å². The Labute approximate surface area is 171 Å². The number of carbonyl (C=O) groups is 1. The zero-order chi connectivity index (χ0) is 20.1. The van der Waals surface area contributed by atoms with E-state index >= 15 is 0 Å². The first kappa shape index (κ1) is 19.6. The number of para-hydroxylation sites is 1. The molecule has 2 heterocycles. The number of rotatable bonds is 7. The third-order valence-electron chi connectivity index (χ3n) is 5.58. The molecule has 2 aliphatic rings. The molecule has 2 unspecified atom stereocenters. The molecule has 0 spiro atoms. The highest BCUT2D eigenvalue weighted by Crippen LogP contribution is 2.33. The van der Waals surface area contributed by atoms with Gasteiger partial charge < -0.3 is 24.4 Å². The third kappa shape index (κ3) is 4.82. The molecule has 29 heavy (non-hydrogen) atoms. The van der Waals surface area contributed by atoms with Crippen molar-refractivity contribution in [2.24, 2.45) is 5.92 Å². The highest BCUT2D eigenvalue weighted by Gasteiger charge is 2.30. The standard InChI is InChI=1S/C23H28N2O4/c1-17(13-18-7-8-21-22(14-18)29-16-28-21)20-15-24-10-11-25(20)23(26)9-12-27-19-5-3-2-4-6-19/h2-8,14,17,20,24H,9-13,15-16H2,1H3. The van der Waals surface area contributed by atoms with Crippen LogP contribution in [-0.4, -0.2) is 49.9 Å². The summed E-state index contributed by atoms with van der Waals surface area (Å²) in [6.07, 6.45) is 1.27. The molecule has 0 aromatic heterocycles. The van der Waals surface area contributed by atoms with Crippen LogP contribution in [-0.2, 0) is 11.2 Å². The molecular formula is C23H28N2O4. The van der Waals surface area contributed by atoms with Crippen LogP contribution in [0.3, 0.4) is 0 Å². The molecule has 0 saturated carbocycles. The quantitative estimate of drug-likeness (QED) is 0.780. The van der Waals surface area contributed by atoms with Crippen molar-refractivity contribution in [3.8, 4) is 17.2 Å². The first-order valence-corrected chi connectivity index (χ1v) is 10.3. The topological polar surface area (TPSA) is 60.0 Å². The van der Waals surface area contributed by atoms with E-state index in [1.165, 1.54) is 5.56 Å². The first-order valence-electron chi connectivity index (χ1n) is 10.3. The molecule has 2 aliphatic heterocycles. The number of fused-ring (bicyclic) bond motifs is 1. The van der Waals surface area contributed by atoms with Crippen molar-refractivity contribution in [3.05, 3.63) is 54.1 Å². The molecular weight excluding hydrogens is 368 g/mol. The zero-order valence-electron chi connectivity index (χ0n) is 16.8. The van der Waals surface area contributed by atoms with Crippen molar-refractivity contribution in [2.45, 2.75) is 25.8 Å². The van der Waals surface area contributed by atoms with E-state index in [9.17, 15) is 4.79 Å². The average molecular weight is 396 g/mol. The van der Waals surface area contributed by atoms with E-state index in [1.54, 1.807) is 0 Å². The van der Waals surface area contributed by atoms with E-state index < -0.39 is 0 Å². The lowest BCUT2D eigenvalue weighted by Gasteiger charge is -2.40. The first-order chi connectivity index (χ1) is 14.2. The molecule has 4 rings (SSSR count). The van der Waals surface area contributed by atoms with Gasteiger partial charge in [0.2, 0.25) is 12.7 Å². The number of piperazine rings is 1. The maximum atomic E-state index is 12.9. The van der Waals surface area contributed by atoms with E-state index in [4.69, 9.17) is 14.2 Å². The number of ether oxygens (including phenoxy) is 3. The highest BCUT2D eigenvalue weighted by molar-refractivity contribution is 5.77. The van der Waals surface area contributed by atoms with Gasteiger partial charge in [0.1, 0.15) is 5.75 Å². The molecule has 1 amide bonds. The van der Waals surface area contributed by atoms with Gasteiger partial charge in [-0.05, 0) is 42.2 Å². The van der Waals surface area contributed by atoms with Crippen LogP contribution < -0.4 is 19.5 Å². The van der Waals surface area contributed by atoms with E-state index in [0.29, 0.717) is 18.9 Å². The van der Waals surface area contributed by atoms with Crippen molar-refractivity contribution in [3.63, 3.8) is 0 Å². The Morgan fingerprint density at radius 1 is 1.21 bits per heavy atom. The largest absolute Gasteiger partial charge is 0.493 e. The van der Waals surface area contributed by atoms with Crippen LogP contribution in [0.5, 0.6) is 17.2 Å². The average Bonchev–Trinajstić information content (AvgIpc) is 3.22. The molecule has 6 heteroatoms. The number of carbonyl (C=O) groups excluding carboxylic acids is 1. The normalized spacial score (nSPS) is 19.1. The maximum Gasteiger partial charge on any atom is 0.231 e. The van der Waals surface area contributed by atoms with Gasteiger partial charge in [0.05, 0.1) is 13.0 Å². The molecule has 154 valence electrons. The zero-order valence-corrected chi connectivity index (χ0v) is 16.8. The maximum absolute atomic E-state index is 12.9. The van der Waals surface area contributed by atoms with E-state index in [-0.39, 0.29) is 18.7 Å². The lowest BCUT2D eigenvalue weighted by atomic mass is 9.91. The minimum Gasteiger partial charge on any atom is -0.493 e. The van der Waals surface area contributed by atoms with E-state index in [1.807, 2.05) is 41.3 Å². The van der Waals surface area contributed by atoms with Gasteiger partial charge >= 0.3 is 0 Å². The van der Waals surface area contributed by atoms with Crippen molar-refractivity contribution in [1.29, 1.82) is 0 Å². The van der Waals surface area contributed by atoms with Crippen molar-refractivity contribution in [2.75, 3.05) is 33.0 Å². The van der Waals surface area contributed by atoms with Crippen LogP contribution in [0, 0.1) is 5.92 Å². The second kappa shape index (κ2) is 9.18. The molecule has 2 aromatic rings. The Kier molecular flexibility index (Phi) is 6.20. The van der Waals surface area contributed by atoms with Crippen LogP contribution in [0.15, 0.2) is 48.5 Å². The van der Waals surface area contributed by atoms with Gasteiger partial charge in [0.15, 0.2) is 11.5 Å². The summed E-state index contributed by atoms with van der Waals surface area (Å²) in [4.78, 5) is 14.9. The summed E-state index contributed by atoms with van der Waals surface area (Å²) in [5.41, 5.74) is 1.20. The number of hydrogen-bond acceptors (Lipinski definition) is 5. The molecule has 1 fully saturated rings. The highest BCUT2D eigenvalue weighted by atomic mass is 16.7. The molecule has 1 N–H and O–H groups in total. The molecule has 0 aliphatic carbocycles. The van der Waals surface area contributed by atoms with Gasteiger partial charge in [0.25, 0.3) is 0 Å². The predicted octanol–water partition coefficient (Wildman–Crippen LogP) is 2.86. The SMILES string of the molecule is CC(Cc1ccc2c(c1)OCO2)C1CNCCN1C(=O)CCOc1ccccc1. The predicted molar refractivity (Wildman–Crippen MR) is 110 cm³/mol. The van der Waals surface area contributed by atoms with Gasteiger partial charge in [-0.1, -0.05) is 31.2 Å². The smallest absolute Gasteiger partial charge is 0.231 e. The molecule has 6 nitrogen and oxygen atoms in total. The Hall–Kier alpha value is -2.73. The molecule has 0 radical (unpaired) electrons. The summed E-state index contributed by atoms with van der Waals surface area (Å²) in [5, 5.41) is 3.44. The molecule has 2 atom stereocenters. The number of hydrogen-bond donors (Lipinski definition) is 1. The number of benzene rings is 2. The Morgan fingerprint density at radius 3 is 2.90 bits per heavy atom. The third-order valence-corrected chi connectivity index (χ3v) is 5.58. The lowest BCUT2D eigenvalue weighted by Crippen LogP contribution is -2.56. The second-order valence-corrected chi connectivity index (χ2v) is 7.64. The Balaban J connectivity index is 1.34. The van der Waals surface area contributed by atoms with Crippen LogP contribution in [0.2, 0.25) is 0 Å². The monoisotopic (exact) mass is 396 g/mol. The number of nitrogens with zero attached hydrogens (tertiary/aromatic N) is 1. The molecule has 2 aromatic carbocycles. The Morgan fingerprint density at radius 2 is 2.03 bits per heavy atom. The summed E-state index contributed by atoms with van der Waals surface area (Å²) in [6, 6.07) is 15.9. The fourth-order valence-corrected chi connectivity index (χ4v) is 4.04. The van der Waals surface area contributed by atoms with Gasteiger partial charge in [-0.15, -0.1) is 0 Å². The summed E-state index contributed by atoms with van der Waals surface area (Å²) < 4.78 is 16.6. The number of nitrogens with one attached hydrogen (secondary N) is 1. The Bertz CT molecular complexity index is 827. The molecule has 1 saturated heterocycles. The lowest BCUT2D eigenvalue weighted by molar-refractivity contribution is -0.136. The summed E-state index contributed by atoms with van der Waals surface area (Å²) in [7, 11) is 0.